The van der Waals surface area contributed by atoms with Gasteiger partial charge in [-0.1, -0.05) is 24.8 Å². The Balaban J connectivity index is 1.87. The van der Waals surface area contributed by atoms with E-state index in [0.29, 0.717) is 13.2 Å². The second-order valence-corrected chi connectivity index (χ2v) is 4.21. The highest BCUT2D eigenvalue weighted by Gasteiger charge is 1.98. The molecule has 0 heterocycles. The van der Waals surface area contributed by atoms with Gasteiger partial charge in [-0.25, -0.2) is 0 Å². The van der Waals surface area contributed by atoms with E-state index >= 15 is 0 Å². The predicted octanol–water partition coefficient (Wildman–Crippen LogP) is 3.84. The van der Waals surface area contributed by atoms with E-state index in [0.717, 1.165) is 22.8 Å². The van der Waals surface area contributed by atoms with Crippen LogP contribution in [0.5, 0.6) is 17.2 Å². The van der Waals surface area contributed by atoms with Crippen molar-refractivity contribution in [2.75, 3.05) is 13.7 Å². The number of hydrogen-bond acceptors (Lipinski definition) is 3. The molecule has 0 aliphatic rings. The van der Waals surface area contributed by atoms with Gasteiger partial charge < -0.3 is 14.2 Å². The van der Waals surface area contributed by atoms with Gasteiger partial charge >= 0.3 is 0 Å². The summed E-state index contributed by atoms with van der Waals surface area (Å²) in [6, 6.07) is 15.4. The van der Waals surface area contributed by atoms with Gasteiger partial charge in [0.2, 0.25) is 0 Å². The molecule has 0 aliphatic heterocycles. The maximum Gasteiger partial charge on any atom is 0.120 e. The van der Waals surface area contributed by atoms with Gasteiger partial charge in [0.05, 0.1) is 7.11 Å². The van der Waals surface area contributed by atoms with Crippen LogP contribution >= 0.6 is 0 Å². The third-order valence-corrected chi connectivity index (χ3v) is 2.76. The second-order valence-electron chi connectivity index (χ2n) is 4.21. The molecule has 0 N–H and O–H groups in total. The average molecular weight is 270 g/mol. The number of rotatable bonds is 7. The lowest BCUT2D eigenvalue weighted by molar-refractivity contribution is 0.305. The largest absolute Gasteiger partial charge is 0.497 e. The van der Waals surface area contributed by atoms with Crippen molar-refractivity contribution >= 4 is 0 Å². The predicted molar refractivity (Wildman–Crippen MR) is 79.5 cm³/mol. The Bertz CT molecular complexity index is 529. The molecule has 104 valence electrons. The molecule has 20 heavy (non-hydrogen) atoms. The lowest BCUT2D eigenvalue weighted by Crippen LogP contribution is -1.96. The van der Waals surface area contributed by atoms with Crippen LogP contribution in [0.1, 0.15) is 5.56 Å². The first-order valence-electron chi connectivity index (χ1n) is 6.41. The first-order chi connectivity index (χ1) is 9.81. The van der Waals surface area contributed by atoms with Crippen molar-refractivity contribution in [1.29, 1.82) is 0 Å². The molecule has 0 amide bonds. The Labute approximate surface area is 119 Å². The zero-order valence-corrected chi connectivity index (χ0v) is 11.5. The zero-order chi connectivity index (χ0) is 14.2. The van der Waals surface area contributed by atoms with Crippen molar-refractivity contribution in [2.45, 2.75) is 6.61 Å². The van der Waals surface area contributed by atoms with Crippen LogP contribution in [-0.2, 0) is 6.61 Å². The van der Waals surface area contributed by atoms with E-state index in [-0.39, 0.29) is 0 Å². The van der Waals surface area contributed by atoms with E-state index in [1.54, 1.807) is 13.2 Å². The highest BCUT2D eigenvalue weighted by Crippen LogP contribution is 2.19. The van der Waals surface area contributed by atoms with Crippen LogP contribution in [0.15, 0.2) is 61.2 Å². The number of benzene rings is 2. The Morgan fingerprint density at radius 1 is 0.850 bits per heavy atom. The molecule has 2 aromatic carbocycles. The summed E-state index contributed by atoms with van der Waals surface area (Å²) in [7, 11) is 1.64. The van der Waals surface area contributed by atoms with Gasteiger partial charge in [-0.15, -0.1) is 0 Å². The number of methoxy groups -OCH3 is 1. The average Bonchev–Trinajstić information content (AvgIpc) is 2.52. The molecular formula is C17H18O3. The van der Waals surface area contributed by atoms with Gasteiger partial charge in [-0.05, 0) is 42.0 Å². The molecule has 0 aromatic heterocycles. The van der Waals surface area contributed by atoms with E-state index < -0.39 is 0 Å². The van der Waals surface area contributed by atoms with Crippen LogP contribution in [0, 0.1) is 0 Å². The van der Waals surface area contributed by atoms with Crippen molar-refractivity contribution in [1.82, 2.24) is 0 Å². The van der Waals surface area contributed by atoms with Crippen molar-refractivity contribution in [2.24, 2.45) is 0 Å². The summed E-state index contributed by atoms with van der Waals surface area (Å²) in [5, 5.41) is 0. The maximum absolute atomic E-state index is 5.70. The summed E-state index contributed by atoms with van der Waals surface area (Å²) < 4.78 is 16.2. The summed E-state index contributed by atoms with van der Waals surface area (Å²) in [6.45, 7) is 4.65. The first-order valence-corrected chi connectivity index (χ1v) is 6.41. The fourth-order valence-electron chi connectivity index (χ4n) is 1.68. The molecule has 2 rings (SSSR count). The minimum Gasteiger partial charge on any atom is -0.497 e. The van der Waals surface area contributed by atoms with Gasteiger partial charge in [0, 0.05) is 0 Å². The molecule has 0 unspecified atom stereocenters. The van der Waals surface area contributed by atoms with Crippen LogP contribution < -0.4 is 14.2 Å². The van der Waals surface area contributed by atoms with Gasteiger partial charge in [-0.2, -0.15) is 0 Å². The molecule has 0 spiro atoms. The minimum absolute atomic E-state index is 0.516. The van der Waals surface area contributed by atoms with Crippen LogP contribution in [0.4, 0.5) is 0 Å². The molecule has 0 atom stereocenters. The summed E-state index contributed by atoms with van der Waals surface area (Å²) in [5.41, 5.74) is 1.09. The number of ether oxygens (including phenoxy) is 3. The molecule has 3 nitrogen and oxygen atoms in total. The minimum atomic E-state index is 0.516. The lowest BCUT2D eigenvalue weighted by atomic mass is 10.2. The van der Waals surface area contributed by atoms with Gasteiger partial charge in [0.15, 0.2) is 0 Å². The van der Waals surface area contributed by atoms with Gasteiger partial charge in [0.1, 0.15) is 30.5 Å². The maximum atomic E-state index is 5.70. The number of hydrogen-bond donors (Lipinski definition) is 0. The topological polar surface area (TPSA) is 27.7 Å². The molecule has 0 aliphatic carbocycles. The Morgan fingerprint density at radius 3 is 2.00 bits per heavy atom. The highest BCUT2D eigenvalue weighted by molar-refractivity contribution is 5.32. The fourth-order valence-corrected chi connectivity index (χ4v) is 1.68. The SMILES string of the molecule is C=CCOc1ccc(COc2ccc(OC)cc2)cc1. The Kier molecular flexibility index (Phi) is 5.07. The normalized spacial score (nSPS) is 9.85. The van der Waals surface area contributed by atoms with E-state index in [1.165, 1.54) is 0 Å². The molecule has 0 saturated carbocycles. The second kappa shape index (κ2) is 7.24. The third-order valence-electron chi connectivity index (χ3n) is 2.76. The van der Waals surface area contributed by atoms with Crippen molar-refractivity contribution in [3.63, 3.8) is 0 Å². The standard InChI is InChI=1S/C17H18O3/c1-3-12-19-16-6-4-14(5-7-16)13-20-17-10-8-15(18-2)9-11-17/h3-11H,1,12-13H2,2H3. The third kappa shape index (κ3) is 4.05. The van der Waals surface area contributed by atoms with E-state index in [2.05, 4.69) is 6.58 Å². The van der Waals surface area contributed by atoms with E-state index in [1.807, 2.05) is 48.5 Å². The molecule has 3 heteroatoms. The highest BCUT2D eigenvalue weighted by atomic mass is 16.5. The molecule has 0 bridgehead atoms. The van der Waals surface area contributed by atoms with Crippen molar-refractivity contribution in [3.05, 3.63) is 66.7 Å². The van der Waals surface area contributed by atoms with Gasteiger partial charge in [0.25, 0.3) is 0 Å². The van der Waals surface area contributed by atoms with E-state index in [4.69, 9.17) is 14.2 Å². The summed E-state index contributed by atoms with van der Waals surface area (Å²) in [5.74, 6) is 2.47. The molecule has 2 aromatic rings. The Morgan fingerprint density at radius 2 is 1.40 bits per heavy atom. The van der Waals surface area contributed by atoms with Crippen molar-refractivity contribution in [3.8, 4) is 17.2 Å². The summed E-state index contributed by atoms with van der Waals surface area (Å²) >= 11 is 0. The van der Waals surface area contributed by atoms with Crippen LogP contribution in [0.2, 0.25) is 0 Å². The zero-order valence-electron chi connectivity index (χ0n) is 11.5. The van der Waals surface area contributed by atoms with Crippen LogP contribution in [0.3, 0.4) is 0 Å². The first kappa shape index (κ1) is 14.0. The lowest BCUT2D eigenvalue weighted by Gasteiger charge is -2.08. The van der Waals surface area contributed by atoms with Crippen molar-refractivity contribution < 1.29 is 14.2 Å². The Hall–Kier alpha value is -2.42. The smallest absolute Gasteiger partial charge is 0.120 e. The van der Waals surface area contributed by atoms with Crippen LogP contribution in [0.25, 0.3) is 0 Å². The van der Waals surface area contributed by atoms with E-state index in [9.17, 15) is 0 Å². The van der Waals surface area contributed by atoms with Crippen LogP contribution in [-0.4, -0.2) is 13.7 Å². The quantitative estimate of drug-likeness (QED) is 0.715. The fraction of sp³-hybridized carbons (Fsp3) is 0.176. The summed E-state index contributed by atoms with van der Waals surface area (Å²) in [4.78, 5) is 0. The molecule has 0 fully saturated rings. The van der Waals surface area contributed by atoms with Gasteiger partial charge in [-0.3, -0.25) is 0 Å². The summed E-state index contributed by atoms with van der Waals surface area (Å²) in [6.07, 6.45) is 1.72. The monoisotopic (exact) mass is 270 g/mol. The molecule has 0 radical (unpaired) electrons. The molecule has 0 saturated heterocycles. The molecular weight excluding hydrogens is 252 g/mol.